The molecule has 0 radical (unpaired) electrons. The minimum Gasteiger partial charge on any atom is -0.319 e. The Morgan fingerprint density at radius 3 is 2.03 bits per heavy atom. The molecule has 144 valence electrons. The summed E-state index contributed by atoms with van der Waals surface area (Å²) >= 11 is 0. The number of carbonyl (C=O) groups is 2. The van der Waals surface area contributed by atoms with E-state index in [0.717, 1.165) is 16.7 Å². The molecule has 4 nitrogen and oxygen atoms in total. The van der Waals surface area contributed by atoms with Crippen LogP contribution in [0.1, 0.15) is 16.7 Å². The first-order valence-electron chi connectivity index (χ1n) is 9.64. The van der Waals surface area contributed by atoms with Gasteiger partial charge in [0.15, 0.2) is 5.54 Å². The molecule has 0 saturated carbocycles. The Kier molecular flexibility index (Phi) is 5.25. The molecule has 1 N–H and O–H groups in total. The Balaban J connectivity index is 1.63. The maximum atomic E-state index is 13.5. The summed E-state index contributed by atoms with van der Waals surface area (Å²) in [4.78, 5) is 27.5. The molecule has 3 aromatic rings. The zero-order valence-corrected chi connectivity index (χ0v) is 16.0. The van der Waals surface area contributed by atoms with Crippen molar-refractivity contribution in [3.05, 3.63) is 114 Å². The number of imide groups is 1. The quantitative estimate of drug-likeness (QED) is 0.643. The molecule has 0 aromatic heterocycles. The number of carbonyl (C=O) groups excluding carboxylic acids is 2. The highest BCUT2D eigenvalue weighted by atomic mass is 16.2. The summed E-state index contributed by atoms with van der Waals surface area (Å²) in [7, 11) is 0. The van der Waals surface area contributed by atoms with Crippen molar-refractivity contribution in [2.24, 2.45) is 0 Å². The molecule has 4 rings (SSSR count). The van der Waals surface area contributed by atoms with Crippen LogP contribution in [0.4, 0.5) is 4.79 Å². The van der Waals surface area contributed by atoms with E-state index in [1.807, 2.05) is 103 Å². The lowest BCUT2D eigenvalue weighted by molar-refractivity contribution is -0.131. The van der Waals surface area contributed by atoms with Gasteiger partial charge in [0.05, 0.1) is 0 Å². The molecule has 1 atom stereocenters. The minimum absolute atomic E-state index is 0.225. The van der Waals surface area contributed by atoms with Crippen molar-refractivity contribution < 1.29 is 9.59 Å². The summed E-state index contributed by atoms with van der Waals surface area (Å²) in [5, 5.41) is 2.98. The summed E-state index contributed by atoms with van der Waals surface area (Å²) in [6.07, 6.45) is 4.16. The molecule has 1 aliphatic heterocycles. The van der Waals surface area contributed by atoms with Crippen molar-refractivity contribution in [1.29, 1.82) is 0 Å². The molecule has 1 unspecified atom stereocenters. The fraction of sp³-hybridized carbons (Fsp3) is 0.120. The van der Waals surface area contributed by atoms with Gasteiger partial charge < -0.3 is 5.32 Å². The van der Waals surface area contributed by atoms with Crippen molar-refractivity contribution in [2.75, 3.05) is 6.54 Å². The molecule has 0 aliphatic carbocycles. The second-order valence-electron chi connectivity index (χ2n) is 7.09. The second-order valence-corrected chi connectivity index (χ2v) is 7.09. The highest BCUT2D eigenvalue weighted by Gasteiger charge is 2.51. The van der Waals surface area contributed by atoms with Gasteiger partial charge in [0.2, 0.25) is 0 Å². The molecule has 4 heteroatoms. The Labute approximate surface area is 170 Å². The van der Waals surface area contributed by atoms with Crippen molar-refractivity contribution in [1.82, 2.24) is 10.2 Å². The van der Waals surface area contributed by atoms with E-state index in [2.05, 4.69) is 5.32 Å². The first-order chi connectivity index (χ1) is 14.2. The smallest absolute Gasteiger partial charge is 0.319 e. The SMILES string of the molecule is O=C1NC(Cc2ccccc2)(c2ccccc2)C(=O)N1CC=Cc1ccccc1. The van der Waals surface area contributed by atoms with Crippen molar-refractivity contribution in [2.45, 2.75) is 12.0 Å². The fourth-order valence-electron chi connectivity index (χ4n) is 3.69. The summed E-state index contributed by atoms with van der Waals surface area (Å²) < 4.78 is 0. The van der Waals surface area contributed by atoms with Crippen LogP contribution in [0, 0.1) is 0 Å². The van der Waals surface area contributed by atoms with Gasteiger partial charge >= 0.3 is 6.03 Å². The highest BCUT2D eigenvalue weighted by molar-refractivity contribution is 6.07. The molecule has 1 fully saturated rings. The van der Waals surface area contributed by atoms with Gasteiger partial charge in [-0.25, -0.2) is 4.79 Å². The molecule has 1 aliphatic rings. The van der Waals surface area contributed by atoms with Crippen LogP contribution in [-0.4, -0.2) is 23.4 Å². The monoisotopic (exact) mass is 382 g/mol. The van der Waals surface area contributed by atoms with Crippen LogP contribution < -0.4 is 5.32 Å². The topological polar surface area (TPSA) is 49.4 Å². The van der Waals surface area contributed by atoms with Gasteiger partial charge in [0.1, 0.15) is 0 Å². The van der Waals surface area contributed by atoms with Crippen LogP contribution in [0.3, 0.4) is 0 Å². The number of rotatable bonds is 6. The van der Waals surface area contributed by atoms with Crippen molar-refractivity contribution in [3.63, 3.8) is 0 Å². The molecule has 0 bridgehead atoms. The molecule has 3 amide bonds. The standard InChI is InChI=1S/C25H22N2O2/c28-23-25(22-16-8-3-9-17-22,19-21-13-6-2-7-14-21)26-24(29)27(23)18-10-15-20-11-4-1-5-12-20/h1-17H,18-19H2,(H,26,29). The van der Waals surface area contributed by atoms with Crippen molar-refractivity contribution >= 4 is 18.0 Å². The van der Waals surface area contributed by atoms with E-state index in [9.17, 15) is 9.59 Å². The van der Waals surface area contributed by atoms with Crippen LogP contribution in [0.5, 0.6) is 0 Å². The van der Waals surface area contributed by atoms with E-state index >= 15 is 0 Å². The lowest BCUT2D eigenvalue weighted by Gasteiger charge is -2.27. The number of nitrogens with zero attached hydrogens (tertiary/aromatic N) is 1. The molecule has 3 aromatic carbocycles. The predicted molar refractivity (Wildman–Crippen MR) is 114 cm³/mol. The second kappa shape index (κ2) is 8.15. The number of urea groups is 1. The first kappa shape index (κ1) is 18.7. The number of nitrogens with one attached hydrogen (secondary N) is 1. The first-order valence-corrected chi connectivity index (χ1v) is 9.64. The van der Waals surface area contributed by atoms with E-state index in [1.54, 1.807) is 0 Å². The molecular formula is C25H22N2O2. The number of hydrogen-bond acceptors (Lipinski definition) is 2. The van der Waals surface area contributed by atoms with Crippen LogP contribution >= 0.6 is 0 Å². The van der Waals surface area contributed by atoms with E-state index in [1.165, 1.54) is 4.90 Å². The van der Waals surface area contributed by atoms with Gasteiger partial charge in [-0.05, 0) is 16.7 Å². The Hall–Kier alpha value is -3.66. The van der Waals surface area contributed by atoms with Crippen LogP contribution in [0.25, 0.3) is 6.08 Å². The van der Waals surface area contributed by atoms with Crippen LogP contribution in [0.2, 0.25) is 0 Å². The van der Waals surface area contributed by atoms with E-state index in [0.29, 0.717) is 6.42 Å². The van der Waals surface area contributed by atoms with E-state index in [4.69, 9.17) is 0 Å². The average Bonchev–Trinajstić information content (AvgIpc) is 3.01. The zero-order chi connectivity index (χ0) is 20.1. The third-order valence-electron chi connectivity index (χ3n) is 5.15. The molecular weight excluding hydrogens is 360 g/mol. The van der Waals surface area contributed by atoms with Gasteiger partial charge in [0, 0.05) is 13.0 Å². The van der Waals surface area contributed by atoms with Gasteiger partial charge in [-0.3, -0.25) is 9.69 Å². The summed E-state index contributed by atoms with van der Waals surface area (Å²) in [6, 6.07) is 28.7. The number of hydrogen-bond donors (Lipinski definition) is 1. The van der Waals surface area contributed by atoms with Crippen LogP contribution in [0.15, 0.2) is 97.1 Å². The average molecular weight is 382 g/mol. The largest absolute Gasteiger partial charge is 0.325 e. The molecule has 1 heterocycles. The Bertz CT molecular complexity index is 1020. The van der Waals surface area contributed by atoms with E-state index in [-0.39, 0.29) is 18.5 Å². The third-order valence-corrected chi connectivity index (χ3v) is 5.15. The predicted octanol–water partition coefficient (Wildman–Crippen LogP) is 4.39. The number of benzene rings is 3. The third kappa shape index (κ3) is 3.83. The maximum Gasteiger partial charge on any atom is 0.325 e. The zero-order valence-electron chi connectivity index (χ0n) is 16.0. The Morgan fingerprint density at radius 2 is 1.38 bits per heavy atom. The Morgan fingerprint density at radius 1 is 0.793 bits per heavy atom. The molecule has 0 spiro atoms. The van der Waals surface area contributed by atoms with Gasteiger partial charge in [-0.15, -0.1) is 0 Å². The van der Waals surface area contributed by atoms with Gasteiger partial charge in [-0.2, -0.15) is 0 Å². The molecule has 1 saturated heterocycles. The van der Waals surface area contributed by atoms with E-state index < -0.39 is 5.54 Å². The fourth-order valence-corrected chi connectivity index (χ4v) is 3.69. The lowest BCUT2D eigenvalue weighted by atomic mass is 9.83. The molecule has 29 heavy (non-hydrogen) atoms. The normalized spacial score (nSPS) is 19.0. The summed E-state index contributed by atoms with van der Waals surface area (Å²) in [5.41, 5.74) is 1.71. The summed E-state index contributed by atoms with van der Waals surface area (Å²) in [6.45, 7) is 0.225. The number of amides is 3. The van der Waals surface area contributed by atoms with Crippen LogP contribution in [-0.2, 0) is 16.8 Å². The van der Waals surface area contributed by atoms with Gasteiger partial charge in [-0.1, -0.05) is 103 Å². The maximum absolute atomic E-state index is 13.5. The van der Waals surface area contributed by atoms with Crippen molar-refractivity contribution in [3.8, 4) is 0 Å². The summed E-state index contributed by atoms with van der Waals surface area (Å²) in [5.74, 6) is -0.227. The minimum atomic E-state index is -1.10. The lowest BCUT2D eigenvalue weighted by Crippen LogP contribution is -2.46. The van der Waals surface area contributed by atoms with Gasteiger partial charge in [0.25, 0.3) is 5.91 Å². The highest BCUT2D eigenvalue weighted by Crippen LogP contribution is 2.33.